The summed E-state index contributed by atoms with van der Waals surface area (Å²) in [6.07, 6.45) is 0.436. The zero-order valence-electron chi connectivity index (χ0n) is 13.1. The number of hydrogen-bond donors (Lipinski definition) is 1. The lowest BCUT2D eigenvalue weighted by Crippen LogP contribution is -2.33. The smallest absolute Gasteiger partial charge is 0.239 e. The van der Waals surface area contributed by atoms with Crippen LogP contribution in [0.25, 0.3) is 0 Å². The maximum atomic E-state index is 13.2. The van der Waals surface area contributed by atoms with E-state index in [1.54, 1.807) is 11.0 Å². The summed E-state index contributed by atoms with van der Waals surface area (Å²) in [6, 6.07) is 11.3. The average molecular weight is 391 g/mol. The van der Waals surface area contributed by atoms with Crippen LogP contribution in [-0.2, 0) is 9.59 Å². The summed E-state index contributed by atoms with van der Waals surface area (Å²) in [5.41, 5.74) is 2.12. The Kier molecular flexibility index (Phi) is 4.66. The molecule has 0 bridgehead atoms. The van der Waals surface area contributed by atoms with Crippen LogP contribution in [0.5, 0.6) is 0 Å². The Hall–Kier alpha value is -2.21. The molecule has 1 aliphatic rings. The molecule has 6 heteroatoms. The summed E-state index contributed by atoms with van der Waals surface area (Å²) < 4.78 is 14.1. The Morgan fingerprint density at radius 1 is 1.29 bits per heavy atom. The monoisotopic (exact) mass is 390 g/mol. The second kappa shape index (κ2) is 6.73. The van der Waals surface area contributed by atoms with Crippen molar-refractivity contribution in [3.05, 3.63) is 58.3 Å². The van der Waals surface area contributed by atoms with Crippen LogP contribution < -0.4 is 10.2 Å². The molecule has 0 unspecified atom stereocenters. The Labute approximate surface area is 147 Å². The van der Waals surface area contributed by atoms with Gasteiger partial charge in [0.15, 0.2) is 0 Å². The van der Waals surface area contributed by atoms with Crippen LogP contribution in [0, 0.1) is 18.7 Å². The van der Waals surface area contributed by atoms with Gasteiger partial charge in [0.25, 0.3) is 0 Å². The molecule has 1 saturated heterocycles. The van der Waals surface area contributed by atoms with E-state index in [9.17, 15) is 14.0 Å². The van der Waals surface area contributed by atoms with E-state index in [0.717, 1.165) is 15.7 Å². The molecule has 24 heavy (non-hydrogen) atoms. The molecule has 1 atom stereocenters. The number of halogens is 2. The van der Waals surface area contributed by atoms with Crippen LogP contribution in [0.3, 0.4) is 0 Å². The van der Waals surface area contributed by atoms with E-state index in [2.05, 4.69) is 21.2 Å². The van der Waals surface area contributed by atoms with Crippen LogP contribution in [0.1, 0.15) is 12.0 Å². The number of aryl methyl sites for hydroxylation is 1. The lowest BCUT2D eigenvalue weighted by Gasteiger charge is -2.19. The molecule has 2 aromatic rings. The summed E-state index contributed by atoms with van der Waals surface area (Å²) >= 11 is 3.41. The number of carbonyl (C=O) groups is 2. The molecule has 1 aliphatic heterocycles. The van der Waals surface area contributed by atoms with Crippen molar-refractivity contribution in [1.29, 1.82) is 0 Å². The van der Waals surface area contributed by atoms with Crippen molar-refractivity contribution >= 4 is 39.1 Å². The van der Waals surface area contributed by atoms with Crippen molar-refractivity contribution in [3.63, 3.8) is 0 Å². The van der Waals surface area contributed by atoms with E-state index < -0.39 is 17.6 Å². The fourth-order valence-corrected chi connectivity index (χ4v) is 3.18. The number of anilines is 2. The molecule has 0 radical (unpaired) electrons. The van der Waals surface area contributed by atoms with E-state index >= 15 is 0 Å². The first kappa shape index (κ1) is 16.6. The summed E-state index contributed by atoms with van der Waals surface area (Å²) in [5, 5.41) is 2.62. The number of hydrogen-bond acceptors (Lipinski definition) is 2. The summed E-state index contributed by atoms with van der Waals surface area (Å²) in [5.74, 6) is -1.82. The molecule has 1 fully saturated rings. The first-order valence-electron chi connectivity index (χ1n) is 7.59. The summed E-state index contributed by atoms with van der Waals surface area (Å²) in [4.78, 5) is 26.7. The van der Waals surface area contributed by atoms with Gasteiger partial charge in [-0.1, -0.05) is 28.1 Å². The Morgan fingerprint density at radius 3 is 2.83 bits per heavy atom. The third-order valence-electron chi connectivity index (χ3n) is 4.08. The third kappa shape index (κ3) is 3.33. The van der Waals surface area contributed by atoms with Crippen LogP contribution in [-0.4, -0.2) is 18.4 Å². The van der Waals surface area contributed by atoms with Crippen molar-refractivity contribution < 1.29 is 14.0 Å². The standard InChI is InChI=1S/C18H16BrFN2O2/c1-11-5-6-12(19)9-16(11)22-8-7-15(18(22)24)17(23)21-14-4-2-3-13(20)10-14/h2-6,9-10,15H,7-8H2,1H3,(H,21,23)/t15-/m1/s1. The van der Waals surface area contributed by atoms with Crippen molar-refractivity contribution in [3.8, 4) is 0 Å². The van der Waals surface area contributed by atoms with Gasteiger partial charge in [0, 0.05) is 22.4 Å². The van der Waals surface area contributed by atoms with Crippen molar-refractivity contribution in [1.82, 2.24) is 0 Å². The zero-order chi connectivity index (χ0) is 17.3. The predicted molar refractivity (Wildman–Crippen MR) is 94.4 cm³/mol. The van der Waals surface area contributed by atoms with Crippen LogP contribution in [0.15, 0.2) is 46.9 Å². The molecule has 0 saturated carbocycles. The number of benzene rings is 2. The molecular weight excluding hydrogens is 375 g/mol. The first-order chi connectivity index (χ1) is 11.5. The van der Waals surface area contributed by atoms with Crippen LogP contribution in [0.4, 0.5) is 15.8 Å². The topological polar surface area (TPSA) is 49.4 Å². The van der Waals surface area contributed by atoms with Gasteiger partial charge < -0.3 is 10.2 Å². The second-order valence-electron chi connectivity index (χ2n) is 5.76. The number of rotatable bonds is 3. The Balaban J connectivity index is 1.76. The van der Waals surface area contributed by atoms with Crippen LogP contribution in [0.2, 0.25) is 0 Å². The van der Waals surface area contributed by atoms with Gasteiger partial charge in [-0.05, 0) is 49.2 Å². The van der Waals surface area contributed by atoms with E-state index in [0.29, 0.717) is 18.7 Å². The van der Waals surface area contributed by atoms with Crippen molar-refractivity contribution in [2.75, 3.05) is 16.8 Å². The van der Waals surface area contributed by atoms with Gasteiger partial charge in [0.2, 0.25) is 11.8 Å². The van der Waals surface area contributed by atoms with E-state index in [-0.39, 0.29) is 5.91 Å². The summed E-state index contributed by atoms with van der Waals surface area (Å²) in [7, 11) is 0. The van der Waals surface area contributed by atoms with Gasteiger partial charge in [0.1, 0.15) is 11.7 Å². The fourth-order valence-electron chi connectivity index (χ4n) is 2.83. The molecule has 2 aromatic carbocycles. The fraction of sp³-hybridized carbons (Fsp3) is 0.222. The minimum Gasteiger partial charge on any atom is -0.325 e. The molecule has 3 rings (SSSR count). The highest BCUT2D eigenvalue weighted by Gasteiger charge is 2.38. The zero-order valence-corrected chi connectivity index (χ0v) is 14.6. The van der Waals surface area contributed by atoms with Crippen LogP contribution >= 0.6 is 15.9 Å². The predicted octanol–water partition coefficient (Wildman–Crippen LogP) is 3.89. The summed E-state index contributed by atoms with van der Waals surface area (Å²) in [6.45, 7) is 2.41. The highest BCUT2D eigenvalue weighted by atomic mass is 79.9. The van der Waals surface area contributed by atoms with E-state index in [1.807, 2.05) is 25.1 Å². The molecule has 1 N–H and O–H groups in total. The first-order valence-corrected chi connectivity index (χ1v) is 8.39. The molecular formula is C18H16BrFN2O2. The molecule has 2 amide bonds. The maximum absolute atomic E-state index is 13.2. The van der Waals surface area contributed by atoms with Crippen molar-refractivity contribution in [2.24, 2.45) is 5.92 Å². The Morgan fingerprint density at radius 2 is 2.08 bits per heavy atom. The average Bonchev–Trinajstić information content (AvgIpc) is 2.91. The number of nitrogens with one attached hydrogen (secondary N) is 1. The highest BCUT2D eigenvalue weighted by molar-refractivity contribution is 9.10. The molecule has 4 nitrogen and oxygen atoms in total. The molecule has 0 aliphatic carbocycles. The van der Waals surface area contributed by atoms with Gasteiger partial charge in [-0.2, -0.15) is 0 Å². The second-order valence-corrected chi connectivity index (χ2v) is 6.68. The van der Waals surface area contributed by atoms with E-state index in [1.165, 1.54) is 18.2 Å². The van der Waals surface area contributed by atoms with Crippen molar-refractivity contribution in [2.45, 2.75) is 13.3 Å². The lowest BCUT2D eigenvalue weighted by atomic mass is 10.1. The minimum atomic E-state index is -0.758. The maximum Gasteiger partial charge on any atom is 0.239 e. The molecule has 1 heterocycles. The van der Waals surface area contributed by atoms with Gasteiger partial charge in [0.05, 0.1) is 0 Å². The van der Waals surface area contributed by atoms with Gasteiger partial charge in [-0.25, -0.2) is 4.39 Å². The van der Waals surface area contributed by atoms with Gasteiger partial charge in [-0.15, -0.1) is 0 Å². The SMILES string of the molecule is Cc1ccc(Br)cc1N1CC[C@H](C(=O)Nc2cccc(F)c2)C1=O. The largest absolute Gasteiger partial charge is 0.325 e. The van der Waals surface area contributed by atoms with Gasteiger partial charge >= 0.3 is 0 Å². The molecule has 0 aromatic heterocycles. The normalized spacial score (nSPS) is 17.2. The number of carbonyl (C=O) groups excluding carboxylic acids is 2. The van der Waals surface area contributed by atoms with Gasteiger partial charge in [-0.3, -0.25) is 9.59 Å². The quantitative estimate of drug-likeness (QED) is 0.808. The minimum absolute atomic E-state index is 0.231. The molecule has 124 valence electrons. The lowest BCUT2D eigenvalue weighted by molar-refractivity contribution is -0.129. The number of amides is 2. The molecule has 0 spiro atoms. The Bertz CT molecular complexity index is 809. The van der Waals surface area contributed by atoms with E-state index in [4.69, 9.17) is 0 Å². The highest BCUT2D eigenvalue weighted by Crippen LogP contribution is 2.31. The number of nitrogens with zero attached hydrogens (tertiary/aromatic N) is 1. The third-order valence-corrected chi connectivity index (χ3v) is 4.57.